The number of esters is 1. The summed E-state index contributed by atoms with van der Waals surface area (Å²) < 4.78 is 28.3. The average molecular weight is 499 g/mol. The van der Waals surface area contributed by atoms with Crippen LogP contribution in [-0.2, 0) is 29.4 Å². The van der Waals surface area contributed by atoms with Crippen LogP contribution in [0.5, 0.6) is 11.5 Å². The molecule has 2 aromatic carbocycles. The van der Waals surface area contributed by atoms with Gasteiger partial charge in [-0.3, -0.25) is 4.79 Å². The molecule has 6 rings (SSSR count). The fraction of sp³-hybridized carbons (Fsp3) is 0.250. The van der Waals surface area contributed by atoms with Crippen LogP contribution in [0, 0.1) is 17.2 Å². The quantitative estimate of drug-likeness (QED) is 0.610. The zero-order chi connectivity index (χ0) is 25.7. The molecule has 1 N–H and O–H groups in total. The first-order valence-corrected chi connectivity index (χ1v) is 11.6. The van der Waals surface area contributed by atoms with Crippen LogP contribution in [0.4, 0.5) is 0 Å². The maximum Gasteiger partial charge on any atom is 0.334 e. The number of carboxylic acid groups (broad SMARTS) is 1. The van der Waals surface area contributed by atoms with Gasteiger partial charge in [0.05, 0.1) is 18.8 Å². The molecule has 2 heterocycles. The van der Waals surface area contributed by atoms with Crippen molar-refractivity contribution >= 4 is 11.9 Å². The molecule has 0 radical (unpaired) electrons. The molecule has 0 aromatic heterocycles. The van der Waals surface area contributed by atoms with Gasteiger partial charge in [-0.15, -0.1) is 0 Å². The number of methoxy groups -OCH3 is 1. The highest BCUT2D eigenvalue weighted by Crippen LogP contribution is 2.58. The van der Waals surface area contributed by atoms with E-state index in [9.17, 15) is 20.0 Å². The molecule has 0 saturated carbocycles. The van der Waals surface area contributed by atoms with E-state index in [-0.39, 0.29) is 25.6 Å². The fourth-order valence-corrected chi connectivity index (χ4v) is 5.65. The maximum absolute atomic E-state index is 13.4. The molecule has 2 aliphatic heterocycles. The maximum atomic E-state index is 13.4. The molecule has 9 nitrogen and oxygen atoms in total. The van der Waals surface area contributed by atoms with Gasteiger partial charge in [-0.25, -0.2) is 4.79 Å². The Balaban J connectivity index is 1.66. The standard InChI is InChI=1S/C28H21NO8/c1-33-27(32)25-18(10-16(12-29)26(30)31)24-17(15-8-9-21-22(11-15)35-13-34-21)4-2-5-19(24)28-20(25)6-3-7-23(28)36-14-37-28/h2-9,11,16,18H,10,13-14H2,1H3,(H,30,31). The van der Waals surface area contributed by atoms with Gasteiger partial charge >= 0.3 is 11.9 Å². The van der Waals surface area contributed by atoms with Crippen molar-refractivity contribution in [1.82, 2.24) is 0 Å². The lowest BCUT2D eigenvalue weighted by molar-refractivity contribution is -0.141. The van der Waals surface area contributed by atoms with Crippen molar-refractivity contribution < 1.29 is 38.4 Å². The smallest absolute Gasteiger partial charge is 0.334 e. The summed E-state index contributed by atoms with van der Waals surface area (Å²) >= 11 is 0. The number of allylic oxidation sites excluding steroid dienone is 2. The third-order valence-corrected chi connectivity index (χ3v) is 7.21. The van der Waals surface area contributed by atoms with Crippen LogP contribution in [-0.4, -0.2) is 37.7 Å². The SMILES string of the molecule is COC(=O)C1=C2C=CC=C3OCOC32c2cccc(-c3ccc4c(c3)OCO4)c2C1CC(C#N)C(=O)O. The molecule has 1 saturated heterocycles. The number of hydrogen-bond acceptors (Lipinski definition) is 8. The van der Waals surface area contributed by atoms with E-state index < -0.39 is 29.4 Å². The summed E-state index contributed by atoms with van der Waals surface area (Å²) in [6.45, 7) is 0.0872. The average Bonchev–Trinajstić information content (AvgIpc) is 3.57. The monoisotopic (exact) mass is 499 g/mol. The molecule has 0 bridgehead atoms. The van der Waals surface area contributed by atoms with Gasteiger partial charge in [-0.2, -0.15) is 5.26 Å². The number of hydrogen-bond donors (Lipinski definition) is 1. The van der Waals surface area contributed by atoms with Crippen LogP contribution in [0.15, 0.2) is 71.5 Å². The van der Waals surface area contributed by atoms with E-state index >= 15 is 0 Å². The number of nitrogens with zero attached hydrogens (tertiary/aromatic N) is 1. The zero-order valence-electron chi connectivity index (χ0n) is 19.7. The molecule has 3 atom stereocenters. The molecule has 9 heteroatoms. The Morgan fingerprint density at radius 1 is 1.19 bits per heavy atom. The predicted molar refractivity (Wildman–Crippen MR) is 127 cm³/mol. The van der Waals surface area contributed by atoms with E-state index in [1.165, 1.54) is 7.11 Å². The highest BCUT2D eigenvalue weighted by atomic mass is 16.7. The van der Waals surface area contributed by atoms with E-state index in [1.807, 2.05) is 36.4 Å². The number of rotatable bonds is 5. The van der Waals surface area contributed by atoms with Crippen LogP contribution in [0.1, 0.15) is 23.5 Å². The Hall–Kier alpha value is -4.55. The number of aliphatic carboxylic acids is 1. The first-order valence-electron chi connectivity index (χ1n) is 11.6. The summed E-state index contributed by atoms with van der Waals surface area (Å²) in [5.41, 5.74) is 2.43. The number of carbonyl (C=O) groups is 2. The number of nitriles is 1. The lowest BCUT2D eigenvalue weighted by atomic mass is 9.64. The van der Waals surface area contributed by atoms with Crippen molar-refractivity contribution in [2.45, 2.75) is 17.9 Å². The van der Waals surface area contributed by atoms with Crippen LogP contribution < -0.4 is 9.47 Å². The number of carbonyl (C=O) groups excluding carboxylic acids is 1. The van der Waals surface area contributed by atoms with Crippen molar-refractivity contribution in [1.29, 1.82) is 5.26 Å². The summed E-state index contributed by atoms with van der Waals surface area (Å²) in [5, 5.41) is 19.4. The van der Waals surface area contributed by atoms with Gasteiger partial charge in [0.25, 0.3) is 0 Å². The number of carboxylic acids is 1. The van der Waals surface area contributed by atoms with Gasteiger partial charge in [0.1, 0.15) is 11.7 Å². The van der Waals surface area contributed by atoms with Crippen LogP contribution in [0.2, 0.25) is 0 Å². The van der Waals surface area contributed by atoms with Gasteiger partial charge in [-0.1, -0.05) is 36.4 Å². The second-order valence-electron chi connectivity index (χ2n) is 8.94. The molecular formula is C28H21NO8. The highest BCUT2D eigenvalue weighted by molar-refractivity contribution is 5.95. The Morgan fingerprint density at radius 2 is 2.03 bits per heavy atom. The third kappa shape index (κ3) is 3.26. The molecule has 186 valence electrons. The van der Waals surface area contributed by atoms with Crippen LogP contribution in [0.25, 0.3) is 11.1 Å². The van der Waals surface area contributed by atoms with E-state index in [0.717, 1.165) is 11.1 Å². The normalized spacial score (nSPS) is 23.1. The lowest BCUT2D eigenvalue weighted by Gasteiger charge is -2.42. The predicted octanol–water partition coefficient (Wildman–Crippen LogP) is 3.92. The molecule has 1 fully saturated rings. The minimum atomic E-state index is -1.36. The van der Waals surface area contributed by atoms with Crippen LogP contribution >= 0.6 is 0 Å². The van der Waals surface area contributed by atoms with Gasteiger partial charge < -0.3 is 28.8 Å². The van der Waals surface area contributed by atoms with Crippen molar-refractivity contribution in [3.8, 4) is 28.7 Å². The Bertz CT molecular complexity index is 1480. The van der Waals surface area contributed by atoms with Crippen LogP contribution in [0.3, 0.4) is 0 Å². The minimum Gasteiger partial charge on any atom is -0.480 e. The van der Waals surface area contributed by atoms with Gasteiger partial charge in [0, 0.05) is 17.1 Å². The lowest BCUT2D eigenvalue weighted by Crippen LogP contribution is -2.39. The minimum absolute atomic E-state index is 0.0280. The summed E-state index contributed by atoms with van der Waals surface area (Å²) in [7, 11) is 1.27. The second-order valence-corrected chi connectivity index (χ2v) is 8.94. The molecule has 0 amide bonds. The van der Waals surface area contributed by atoms with E-state index in [4.69, 9.17) is 23.7 Å². The molecule has 2 aliphatic carbocycles. The molecule has 2 aromatic rings. The summed E-state index contributed by atoms with van der Waals surface area (Å²) in [6.07, 6.45) is 5.16. The van der Waals surface area contributed by atoms with E-state index in [1.54, 1.807) is 24.3 Å². The van der Waals surface area contributed by atoms with E-state index in [0.29, 0.717) is 34.0 Å². The van der Waals surface area contributed by atoms with Gasteiger partial charge in [0.15, 0.2) is 23.9 Å². The number of fused-ring (bicyclic) bond motifs is 2. The van der Waals surface area contributed by atoms with E-state index in [2.05, 4.69) is 0 Å². The third-order valence-electron chi connectivity index (χ3n) is 7.21. The molecule has 3 unspecified atom stereocenters. The topological polar surface area (TPSA) is 124 Å². The molecular weight excluding hydrogens is 478 g/mol. The summed E-state index contributed by atoms with van der Waals surface area (Å²) in [5.74, 6) is -2.32. The highest BCUT2D eigenvalue weighted by Gasteiger charge is 2.55. The van der Waals surface area contributed by atoms with Gasteiger partial charge in [-0.05, 0) is 41.3 Å². The Kier molecular flexibility index (Phi) is 5.28. The molecule has 37 heavy (non-hydrogen) atoms. The van der Waals surface area contributed by atoms with Crippen molar-refractivity contribution in [2.24, 2.45) is 5.92 Å². The number of ether oxygens (including phenoxy) is 5. The Morgan fingerprint density at radius 3 is 2.81 bits per heavy atom. The zero-order valence-corrected chi connectivity index (χ0v) is 19.7. The van der Waals surface area contributed by atoms with Gasteiger partial charge in [0.2, 0.25) is 6.79 Å². The number of benzene rings is 2. The fourth-order valence-electron chi connectivity index (χ4n) is 5.65. The first-order chi connectivity index (χ1) is 18.0. The first kappa shape index (κ1) is 22.9. The summed E-state index contributed by atoms with van der Waals surface area (Å²) in [6, 6.07) is 13.0. The Labute approximate surface area is 211 Å². The van der Waals surface area contributed by atoms with Crippen molar-refractivity contribution in [2.75, 3.05) is 20.7 Å². The summed E-state index contributed by atoms with van der Waals surface area (Å²) in [4.78, 5) is 25.3. The molecule has 4 aliphatic rings. The second kappa shape index (κ2) is 8.54. The van der Waals surface area contributed by atoms with Crippen molar-refractivity contribution in [3.63, 3.8) is 0 Å². The van der Waals surface area contributed by atoms with Crippen molar-refractivity contribution in [3.05, 3.63) is 82.7 Å². The molecule has 1 spiro atoms. The largest absolute Gasteiger partial charge is 0.480 e.